The minimum atomic E-state index is -0.111. The second-order valence-corrected chi connectivity index (χ2v) is 4.09. The van der Waals surface area contributed by atoms with Crippen LogP contribution in [0.25, 0.3) is 0 Å². The van der Waals surface area contributed by atoms with Crippen molar-refractivity contribution in [2.45, 2.75) is 20.4 Å². The van der Waals surface area contributed by atoms with Crippen LogP contribution in [0, 0.1) is 0 Å². The van der Waals surface area contributed by atoms with Crippen molar-refractivity contribution in [2.75, 3.05) is 14.2 Å². The summed E-state index contributed by atoms with van der Waals surface area (Å²) >= 11 is 0. The largest absolute Gasteiger partial charge is 0.493 e. The van der Waals surface area contributed by atoms with Crippen molar-refractivity contribution in [3.8, 4) is 11.5 Å². The fraction of sp³-hybridized carbons (Fsp3) is 0.357. The van der Waals surface area contributed by atoms with Crippen LogP contribution in [0.3, 0.4) is 0 Å². The van der Waals surface area contributed by atoms with Gasteiger partial charge in [-0.05, 0) is 19.9 Å². The van der Waals surface area contributed by atoms with Crippen LogP contribution in [0.5, 0.6) is 11.5 Å². The van der Waals surface area contributed by atoms with Crippen LogP contribution in [0.4, 0.5) is 0 Å². The van der Waals surface area contributed by atoms with Crippen molar-refractivity contribution in [3.05, 3.63) is 35.4 Å². The Balaban J connectivity index is 2.79. The van der Waals surface area contributed by atoms with E-state index >= 15 is 0 Å². The fourth-order valence-electron chi connectivity index (χ4n) is 1.59. The van der Waals surface area contributed by atoms with Gasteiger partial charge in [0.25, 0.3) is 0 Å². The van der Waals surface area contributed by atoms with Gasteiger partial charge in [-0.2, -0.15) is 0 Å². The summed E-state index contributed by atoms with van der Waals surface area (Å²) < 4.78 is 10.5. The van der Waals surface area contributed by atoms with Gasteiger partial charge in [-0.15, -0.1) is 0 Å². The molecule has 0 bridgehead atoms. The number of amides is 1. The van der Waals surface area contributed by atoms with E-state index in [1.807, 2.05) is 32.0 Å². The Labute approximate surface area is 108 Å². The molecule has 98 valence electrons. The van der Waals surface area contributed by atoms with Crippen LogP contribution in [0.15, 0.2) is 29.8 Å². The Kier molecular flexibility index (Phi) is 5.24. The van der Waals surface area contributed by atoms with Gasteiger partial charge in [-0.1, -0.05) is 17.7 Å². The van der Waals surface area contributed by atoms with Gasteiger partial charge < -0.3 is 14.8 Å². The van der Waals surface area contributed by atoms with Crippen molar-refractivity contribution in [1.29, 1.82) is 0 Å². The van der Waals surface area contributed by atoms with Gasteiger partial charge in [0.2, 0.25) is 5.91 Å². The van der Waals surface area contributed by atoms with Crippen LogP contribution >= 0.6 is 0 Å². The molecule has 18 heavy (non-hydrogen) atoms. The lowest BCUT2D eigenvalue weighted by atomic mass is 10.2. The van der Waals surface area contributed by atoms with Crippen LogP contribution in [0.1, 0.15) is 19.4 Å². The lowest BCUT2D eigenvalue weighted by molar-refractivity contribution is -0.116. The zero-order chi connectivity index (χ0) is 13.5. The number of carbonyl (C=O) groups is 1. The molecule has 0 fully saturated rings. The first kappa shape index (κ1) is 14.1. The SMILES string of the molecule is COc1cccc(CNC(=O)C=C(C)C)c1OC. The Morgan fingerprint density at radius 1 is 1.28 bits per heavy atom. The second-order valence-electron chi connectivity index (χ2n) is 4.09. The van der Waals surface area contributed by atoms with E-state index < -0.39 is 0 Å². The van der Waals surface area contributed by atoms with Crippen molar-refractivity contribution >= 4 is 5.91 Å². The van der Waals surface area contributed by atoms with E-state index in [1.165, 1.54) is 0 Å². The Morgan fingerprint density at radius 3 is 2.56 bits per heavy atom. The Morgan fingerprint density at radius 2 is 2.00 bits per heavy atom. The van der Waals surface area contributed by atoms with Gasteiger partial charge in [0.05, 0.1) is 14.2 Å². The van der Waals surface area contributed by atoms with Gasteiger partial charge >= 0.3 is 0 Å². The summed E-state index contributed by atoms with van der Waals surface area (Å²) in [4.78, 5) is 11.5. The van der Waals surface area contributed by atoms with Gasteiger partial charge in [-0.3, -0.25) is 4.79 Å². The molecule has 1 N–H and O–H groups in total. The monoisotopic (exact) mass is 249 g/mol. The number of carbonyl (C=O) groups excluding carboxylic acids is 1. The van der Waals surface area contributed by atoms with Gasteiger partial charge in [0.15, 0.2) is 11.5 Å². The number of allylic oxidation sites excluding steroid dienone is 1. The molecule has 0 saturated carbocycles. The van der Waals surface area contributed by atoms with Crippen LogP contribution < -0.4 is 14.8 Å². The molecule has 0 aromatic heterocycles. The summed E-state index contributed by atoms with van der Waals surface area (Å²) in [7, 11) is 3.17. The van der Waals surface area contributed by atoms with Gasteiger partial charge in [0.1, 0.15) is 0 Å². The fourth-order valence-corrected chi connectivity index (χ4v) is 1.59. The molecule has 0 unspecified atom stereocenters. The van der Waals surface area contributed by atoms with Crippen molar-refractivity contribution < 1.29 is 14.3 Å². The number of hydrogen-bond donors (Lipinski definition) is 1. The van der Waals surface area contributed by atoms with E-state index in [9.17, 15) is 4.79 Å². The highest BCUT2D eigenvalue weighted by Crippen LogP contribution is 2.30. The minimum absolute atomic E-state index is 0.111. The minimum Gasteiger partial charge on any atom is -0.493 e. The summed E-state index contributed by atoms with van der Waals surface area (Å²) in [5.41, 5.74) is 1.84. The maximum Gasteiger partial charge on any atom is 0.244 e. The van der Waals surface area contributed by atoms with E-state index in [2.05, 4.69) is 5.32 Å². The number of ether oxygens (including phenoxy) is 2. The second kappa shape index (κ2) is 6.69. The molecule has 0 heterocycles. The summed E-state index contributed by atoms with van der Waals surface area (Å²) in [6, 6.07) is 5.58. The predicted octanol–water partition coefficient (Wildman–Crippen LogP) is 2.29. The molecule has 0 aliphatic rings. The molecule has 0 radical (unpaired) electrons. The zero-order valence-corrected chi connectivity index (χ0v) is 11.2. The molecule has 1 aromatic carbocycles. The number of para-hydroxylation sites is 1. The molecular formula is C14H19NO3. The topological polar surface area (TPSA) is 47.6 Å². The van der Waals surface area contributed by atoms with Crippen molar-refractivity contribution in [3.63, 3.8) is 0 Å². The van der Waals surface area contributed by atoms with Crippen LogP contribution in [0.2, 0.25) is 0 Å². The smallest absolute Gasteiger partial charge is 0.244 e. The summed E-state index contributed by atoms with van der Waals surface area (Å²) in [5, 5.41) is 2.81. The highest BCUT2D eigenvalue weighted by atomic mass is 16.5. The molecule has 0 aliphatic heterocycles. The lowest BCUT2D eigenvalue weighted by Gasteiger charge is -2.12. The van der Waals surface area contributed by atoms with E-state index in [4.69, 9.17) is 9.47 Å². The summed E-state index contributed by atoms with van der Waals surface area (Å²) in [5.74, 6) is 1.20. The van der Waals surface area contributed by atoms with Gasteiger partial charge in [-0.25, -0.2) is 0 Å². The number of hydrogen-bond acceptors (Lipinski definition) is 3. The van der Waals surface area contributed by atoms with Crippen molar-refractivity contribution in [1.82, 2.24) is 5.32 Å². The average molecular weight is 249 g/mol. The van der Waals surface area contributed by atoms with Gasteiger partial charge in [0, 0.05) is 18.2 Å². The first-order valence-corrected chi connectivity index (χ1v) is 5.71. The molecule has 0 aliphatic carbocycles. The third kappa shape index (κ3) is 3.80. The maximum atomic E-state index is 11.5. The van der Waals surface area contributed by atoms with Crippen LogP contribution in [-0.2, 0) is 11.3 Å². The molecule has 4 nitrogen and oxygen atoms in total. The normalized spacial score (nSPS) is 9.56. The molecule has 4 heteroatoms. The Bertz CT molecular complexity index is 448. The standard InChI is InChI=1S/C14H19NO3/c1-10(2)8-13(16)15-9-11-6-5-7-12(17-3)14(11)18-4/h5-8H,9H2,1-4H3,(H,15,16). The number of rotatable bonds is 5. The highest BCUT2D eigenvalue weighted by Gasteiger charge is 2.09. The van der Waals surface area contributed by atoms with E-state index in [0.29, 0.717) is 18.0 Å². The molecule has 0 saturated heterocycles. The number of benzene rings is 1. The first-order valence-electron chi connectivity index (χ1n) is 5.71. The van der Waals surface area contributed by atoms with Crippen LogP contribution in [-0.4, -0.2) is 20.1 Å². The van der Waals surface area contributed by atoms with E-state index in [1.54, 1.807) is 20.3 Å². The number of methoxy groups -OCH3 is 2. The quantitative estimate of drug-likeness (QED) is 0.814. The molecular weight excluding hydrogens is 230 g/mol. The molecule has 1 rings (SSSR count). The third-order valence-electron chi connectivity index (χ3n) is 2.36. The molecule has 1 aromatic rings. The molecule has 0 spiro atoms. The first-order chi connectivity index (χ1) is 8.58. The summed E-state index contributed by atoms with van der Waals surface area (Å²) in [6.45, 7) is 4.17. The van der Waals surface area contributed by atoms with Crippen molar-refractivity contribution in [2.24, 2.45) is 0 Å². The molecule has 1 amide bonds. The predicted molar refractivity (Wildman–Crippen MR) is 70.8 cm³/mol. The van der Waals surface area contributed by atoms with E-state index in [0.717, 1.165) is 11.1 Å². The zero-order valence-electron chi connectivity index (χ0n) is 11.2. The Hall–Kier alpha value is -1.97. The average Bonchev–Trinajstić information content (AvgIpc) is 2.34. The highest BCUT2D eigenvalue weighted by molar-refractivity contribution is 5.88. The third-order valence-corrected chi connectivity index (χ3v) is 2.36. The van der Waals surface area contributed by atoms with E-state index in [-0.39, 0.29) is 5.91 Å². The lowest BCUT2D eigenvalue weighted by Crippen LogP contribution is -2.21. The number of nitrogens with one attached hydrogen (secondary N) is 1. The maximum absolute atomic E-state index is 11.5. The molecule has 0 atom stereocenters. The summed E-state index contributed by atoms with van der Waals surface area (Å²) in [6.07, 6.45) is 1.56.